The molecule has 0 aliphatic heterocycles. The Balaban J connectivity index is 2.23. The molecule has 1 amide bonds. The second-order valence-corrected chi connectivity index (χ2v) is 5.53. The van der Waals surface area contributed by atoms with E-state index in [1.54, 1.807) is 25.3 Å². The maximum absolute atomic E-state index is 14.0. The van der Waals surface area contributed by atoms with Crippen molar-refractivity contribution in [2.24, 2.45) is 0 Å². The topological polar surface area (TPSA) is 67.1 Å². The fraction of sp³-hybridized carbons (Fsp3) is 0.278. The summed E-state index contributed by atoms with van der Waals surface area (Å²) >= 11 is 0. The zero-order valence-corrected chi connectivity index (χ0v) is 13.5. The lowest BCUT2D eigenvalue weighted by Gasteiger charge is -2.11. The number of nitrogen functional groups attached to an aromatic ring is 1. The molecular formula is C18H21F2N3O. The first-order valence-corrected chi connectivity index (χ1v) is 7.73. The van der Waals surface area contributed by atoms with Gasteiger partial charge < -0.3 is 16.4 Å². The van der Waals surface area contributed by atoms with Gasteiger partial charge in [0.25, 0.3) is 5.91 Å². The van der Waals surface area contributed by atoms with E-state index in [0.29, 0.717) is 30.6 Å². The molecule has 2 rings (SSSR count). The Morgan fingerprint density at radius 1 is 1.29 bits per heavy atom. The largest absolute Gasteiger partial charge is 0.398 e. The van der Waals surface area contributed by atoms with E-state index in [9.17, 15) is 13.6 Å². The molecule has 4 nitrogen and oxygen atoms in total. The van der Waals surface area contributed by atoms with E-state index in [1.165, 1.54) is 12.1 Å². The number of amides is 1. The number of nitrogens with two attached hydrogens (primary N) is 1. The number of hydrogen-bond donors (Lipinski definition) is 3. The fourth-order valence-electron chi connectivity index (χ4n) is 2.37. The van der Waals surface area contributed by atoms with Crippen LogP contribution in [0.1, 0.15) is 22.3 Å². The van der Waals surface area contributed by atoms with Crippen molar-refractivity contribution in [1.29, 1.82) is 0 Å². The molecule has 1 aliphatic carbocycles. The van der Waals surface area contributed by atoms with Crippen molar-refractivity contribution in [1.82, 2.24) is 10.6 Å². The summed E-state index contributed by atoms with van der Waals surface area (Å²) in [7, 11) is 1.76. The molecule has 128 valence electrons. The monoisotopic (exact) mass is 333 g/mol. The predicted octanol–water partition coefficient (Wildman–Crippen LogP) is 2.64. The molecule has 1 aromatic rings. The van der Waals surface area contributed by atoms with E-state index in [1.807, 2.05) is 0 Å². The molecule has 0 bridgehead atoms. The molecule has 0 aromatic heterocycles. The van der Waals surface area contributed by atoms with Gasteiger partial charge in [0.15, 0.2) is 0 Å². The number of allylic oxidation sites excluding steroid dienone is 6. The molecule has 0 atom stereocenters. The van der Waals surface area contributed by atoms with E-state index in [4.69, 9.17) is 5.73 Å². The van der Waals surface area contributed by atoms with Crippen molar-refractivity contribution in [3.63, 3.8) is 0 Å². The van der Waals surface area contributed by atoms with Gasteiger partial charge in [0.1, 0.15) is 11.6 Å². The Bertz CT molecular complexity index is 708. The molecule has 0 fully saturated rings. The maximum Gasteiger partial charge on any atom is 0.254 e. The minimum Gasteiger partial charge on any atom is -0.398 e. The average Bonchev–Trinajstić information content (AvgIpc) is 2.74. The molecule has 24 heavy (non-hydrogen) atoms. The molecule has 0 saturated heterocycles. The maximum atomic E-state index is 14.0. The Morgan fingerprint density at radius 3 is 2.83 bits per heavy atom. The third kappa shape index (κ3) is 4.76. The van der Waals surface area contributed by atoms with E-state index in [0.717, 1.165) is 6.07 Å². The summed E-state index contributed by atoms with van der Waals surface area (Å²) in [6.07, 6.45) is 7.27. The highest BCUT2D eigenvalue weighted by atomic mass is 19.1. The second-order valence-electron chi connectivity index (χ2n) is 5.53. The number of carbonyl (C=O) groups is 1. The summed E-state index contributed by atoms with van der Waals surface area (Å²) in [6.45, 7) is 0.969. The molecule has 0 saturated carbocycles. The van der Waals surface area contributed by atoms with Crippen LogP contribution >= 0.6 is 0 Å². The lowest BCUT2D eigenvalue weighted by atomic mass is 9.99. The van der Waals surface area contributed by atoms with Crippen LogP contribution in [0.2, 0.25) is 0 Å². The molecule has 1 aromatic carbocycles. The number of anilines is 1. The van der Waals surface area contributed by atoms with E-state index in [-0.39, 0.29) is 23.5 Å². The molecule has 4 N–H and O–H groups in total. The van der Waals surface area contributed by atoms with Crippen molar-refractivity contribution < 1.29 is 13.6 Å². The minimum absolute atomic E-state index is 0.0653. The highest BCUT2D eigenvalue weighted by molar-refractivity contribution is 5.95. The van der Waals surface area contributed by atoms with Crippen molar-refractivity contribution in [3.8, 4) is 0 Å². The van der Waals surface area contributed by atoms with Crippen LogP contribution in [-0.2, 0) is 6.42 Å². The van der Waals surface area contributed by atoms with Crippen LogP contribution in [0.15, 0.2) is 47.8 Å². The molecular weight excluding hydrogens is 312 g/mol. The SMILES string of the molecule is CNCCNC(=O)c1cc(CC2=CC=CCC(F)=C2)c(N)cc1F. The third-order valence-electron chi connectivity index (χ3n) is 3.63. The predicted molar refractivity (Wildman–Crippen MR) is 91.8 cm³/mol. The molecule has 0 unspecified atom stereocenters. The fourth-order valence-corrected chi connectivity index (χ4v) is 2.37. The number of halogens is 2. The standard InChI is InChI=1S/C18H21F2N3O/c1-22-6-7-23-18(24)15-10-13(17(21)11-16(15)20)8-12-4-2-3-5-14(19)9-12/h2-4,9-11,22H,5-8,21H2,1H3,(H,23,24). The number of rotatable bonds is 6. The number of likely N-dealkylation sites (N-methyl/N-ethyl adjacent to an activating group) is 1. The van der Waals surface area contributed by atoms with Crippen LogP contribution in [-0.4, -0.2) is 26.0 Å². The van der Waals surface area contributed by atoms with Gasteiger partial charge in [-0.15, -0.1) is 0 Å². The second kappa shape index (κ2) is 8.40. The summed E-state index contributed by atoms with van der Waals surface area (Å²) in [4.78, 5) is 12.1. The summed E-state index contributed by atoms with van der Waals surface area (Å²) in [5.74, 6) is -1.42. The van der Waals surface area contributed by atoms with Crippen LogP contribution in [0.3, 0.4) is 0 Å². The Labute approximate surface area is 140 Å². The van der Waals surface area contributed by atoms with Crippen LogP contribution in [0.5, 0.6) is 0 Å². The highest BCUT2D eigenvalue weighted by Gasteiger charge is 2.15. The summed E-state index contributed by atoms with van der Waals surface area (Å²) in [6, 6.07) is 2.57. The van der Waals surface area contributed by atoms with Gasteiger partial charge in [-0.05, 0) is 42.8 Å². The molecule has 6 heteroatoms. The summed E-state index contributed by atoms with van der Waals surface area (Å²) in [5, 5.41) is 5.52. The number of benzene rings is 1. The van der Waals surface area contributed by atoms with E-state index in [2.05, 4.69) is 10.6 Å². The lowest BCUT2D eigenvalue weighted by Crippen LogP contribution is -2.31. The first kappa shape index (κ1) is 17.9. The van der Waals surface area contributed by atoms with Crippen LogP contribution in [0.4, 0.5) is 14.5 Å². The zero-order chi connectivity index (χ0) is 17.5. The Morgan fingerprint density at radius 2 is 2.08 bits per heavy atom. The summed E-state index contributed by atoms with van der Waals surface area (Å²) < 4.78 is 27.6. The normalized spacial score (nSPS) is 14.0. The van der Waals surface area contributed by atoms with Crippen LogP contribution < -0.4 is 16.4 Å². The van der Waals surface area contributed by atoms with E-state index < -0.39 is 11.7 Å². The van der Waals surface area contributed by atoms with Crippen molar-refractivity contribution in [2.75, 3.05) is 25.9 Å². The molecule has 0 heterocycles. The van der Waals surface area contributed by atoms with Gasteiger partial charge in [-0.3, -0.25) is 4.79 Å². The van der Waals surface area contributed by atoms with Gasteiger partial charge in [0.05, 0.1) is 5.56 Å². The van der Waals surface area contributed by atoms with E-state index >= 15 is 0 Å². The van der Waals surface area contributed by atoms with Crippen molar-refractivity contribution >= 4 is 11.6 Å². The van der Waals surface area contributed by atoms with Gasteiger partial charge in [-0.1, -0.05) is 18.2 Å². The van der Waals surface area contributed by atoms with Gasteiger partial charge in [-0.2, -0.15) is 0 Å². The summed E-state index contributed by atoms with van der Waals surface area (Å²) in [5.41, 5.74) is 7.33. The van der Waals surface area contributed by atoms with Gasteiger partial charge in [0, 0.05) is 25.2 Å². The lowest BCUT2D eigenvalue weighted by molar-refractivity contribution is 0.0950. The molecule has 0 spiro atoms. The third-order valence-corrected chi connectivity index (χ3v) is 3.63. The molecule has 0 radical (unpaired) electrons. The number of carbonyl (C=O) groups excluding carboxylic acids is 1. The van der Waals surface area contributed by atoms with Gasteiger partial charge in [0.2, 0.25) is 0 Å². The van der Waals surface area contributed by atoms with Crippen molar-refractivity contribution in [3.05, 3.63) is 64.8 Å². The highest BCUT2D eigenvalue weighted by Crippen LogP contribution is 2.23. The van der Waals surface area contributed by atoms with Gasteiger partial charge >= 0.3 is 0 Å². The average molecular weight is 333 g/mol. The first-order valence-electron chi connectivity index (χ1n) is 7.73. The minimum atomic E-state index is -0.672. The smallest absolute Gasteiger partial charge is 0.254 e. The van der Waals surface area contributed by atoms with Gasteiger partial charge in [-0.25, -0.2) is 8.78 Å². The number of nitrogens with one attached hydrogen (secondary N) is 2. The Kier molecular flexibility index (Phi) is 6.26. The quantitative estimate of drug-likeness (QED) is 0.554. The number of hydrogen-bond acceptors (Lipinski definition) is 3. The zero-order valence-electron chi connectivity index (χ0n) is 13.5. The molecule has 1 aliphatic rings. The van der Waals surface area contributed by atoms with Crippen LogP contribution in [0.25, 0.3) is 0 Å². The van der Waals surface area contributed by atoms with Crippen LogP contribution in [0, 0.1) is 5.82 Å². The Hall–Kier alpha value is -2.47. The van der Waals surface area contributed by atoms with Crippen molar-refractivity contribution in [2.45, 2.75) is 12.8 Å². The first-order chi connectivity index (χ1) is 11.5.